The molecule has 0 radical (unpaired) electrons. The molecule has 0 aliphatic carbocycles. The van der Waals surface area contributed by atoms with Crippen LogP contribution >= 0.6 is 22.9 Å². The van der Waals surface area contributed by atoms with Gasteiger partial charge < -0.3 is 0 Å². The lowest BCUT2D eigenvalue weighted by atomic mass is 9.90. The van der Waals surface area contributed by atoms with E-state index >= 15 is 0 Å². The van der Waals surface area contributed by atoms with Crippen LogP contribution in [0.4, 0.5) is 0 Å². The predicted octanol–water partition coefficient (Wildman–Crippen LogP) is 5.19. The molecule has 1 aliphatic heterocycles. The lowest BCUT2D eigenvalue weighted by molar-refractivity contribution is 0.196. The molecule has 1 aromatic carbocycles. The third-order valence-electron chi connectivity index (χ3n) is 5.73. The number of aryl methyl sites for hydroxylation is 1. The van der Waals surface area contributed by atoms with Crippen molar-refractivity contribution in [1.29, 1.82) is 0 Å². The summed E-state index contributed by atoms with van der Waals surface area (Å²) in [7, 11) is 0. The van der Waals surface area contributed by atoms with Gasteiger partial charge in [0, 0.05) is 52.9 Å². The number of piperidine rings is 1. The molecule has 29 heavy (non-hydrogen) atoms. The van der Waals surface area contributed by atoms with Gasteiger partial charge in [-0.05, 0) is 32.4 Å². The average molecular weight is 424 g/mol. The Hall–Kier alpha value is -2.28. The van der Waals surface area contributed by atoms with E-state index in [-0.39, 0.29) is 0 Å². The molecule has 5 rings (SSSR count). The van der Waals surface area contributed by atoms with Crippen LogP contribution in [0.5, 0.6) is 0 Å². The SMILES string of the molecule is Cc1nc2sccn2c1CN1CCCC(c2ncncc2-c2ccccc2Cl)C1. The van der Waals surface area contributed by atoms with E-state index < -0.39 is 0 Å². The molecule has 4 aromatic rings. The molecule has 1 saturated heterocycles. The number of halogens is 1. The summed E-state index contributed by atoms with van der Waals surface area (Å²) in [6.45, 7) is 5.09. The van der Waals surface area contributed by atoms with Crippen LogP contribution in [-0.4, -0.2) is 37.3 Å². The van der Waals surface area contributed by atoms with E-state index in [1.54, 1.807) is 17.7 Å². The number of imidazole rings is 1. The zero-order valence-corrected chi connectivity index (χ0v) is 17.8. The Balaban J connectivity index is 1.43. The second-order valence-electron chi connectivity index (χ2n) is 7.58. The van der Waals surface area contributed by atoms with Crippen molar-refractivity contribution in [1.82, 2.24) is 24.3 Å². The fourth-order valence-electron chi connectivity index (χ4n) is 4.32. The standard InChI is InChI=1S/C22H22ClN5S/c1-15-20(28-9-10-29-22(28)26-15)13-27-8-4-5-16(12-27)21-18(11-24-14-25-21)17-6-2-3-7-19(17)23/h2-3,6-7,9-11,14,16H,4-5,8,12-13H2,1H3. The van der Waals surface area contributed by atoms with Gasteiger partial charge in [-0.1, -0.05) is 29.8 Å². The monoisotopic (exact) mass is 423 g/mol. The minimum Gasteiger partial charge on any atom is -0.297 e. The first-order chi connectivity index (χ1) is 14.2. The highest BCUT2D eigenvalue weighted by atomic mass is 35.5. The average Bonchev–Trinajstić information content (AvgIpc) is 3.31. The minimum atomic E-state index is 0.365. The van der Waals surface area contributed by atoms with Crippen molar-refractivity contribution >= 4 is 27.9 Å². The van der Waals surface area contributed by atoms with Gasteiger partial charge in [0.15, 0.2) is 4.96 Å². The van der Waals surface area contributed by atoms with Crippen molar-refractivity contribution in [2.24, 2.45) is 0 Å². The first-order valence-electron chi connectivity index (χ1n) is 9.89. The molecule has 148 valence electrons. The number of nitrogens with zero attached hydrogens (tertiary/aromatic N) is 5. The second kappa shape index (κ2) is 7.86. The summed E-state index contributed by atoms with van der Waals surface area (Å²) in [4.78, 5) is 17.3. The highest BCUT2D eigenvalue weighted by Gasteiger charge is 2.26. The molecular weight excluding hydrogens is 402 g/mol. The number of rotatable bonds is 4. The molecule has 7 heteroatoms. The second-order valence-corrected chi connectivity index (χ2v) is 8.86. The molecule has 0 spiro atoms. The van der Waals surface area contributed by atoms with Crippen LogP contribution in [0.25, 0.3) is 16.1 Å². The summed E-state index contributed by atoms with van der Waals surface area (Å²) in [5.74, 6) is 0.365. The summed E-state index contributed by atoms with van der Waals surface area (Å²) in [6, 6.07) is 7.94. The normalized spacial score (nSPS) is 17.8. The molecular formula is C22H22ClN5S. The van der Waals surface area contributed by atoms with E-state index in [9.17, 15) is 0 Å². The number of fused-ring (bicyclic) bond motifs is 1. The molecule has 1 unspecified atom stereocenters. The van der Waals surface area contributed by atoms with Crippen molar-refractivity contribution in [2.75, 3.05) is 13.1 Å². The maximum Gasteiger partial charge on any atom is 0.194 e. The Morgan fingerprint density at radius 1 is 1.24 bits per heavy atom. The van der Waals surface area contributed by atoms with Crippen molar-refractivity contribution in [3.8, 4) is 11.1 Å². The summed E-state index contributed by atoms with van der Waals surface area (Å²) in [6.07, 6.45) is 7.96. The number of likely N-dealkylation sites (tertiary alicyclic amines) is 1. The molecule has 0 N–H and O–H groups in total. The Morgan fingerprint density at radius 2 is 2.14 bits per heavy atom. The highest BCUT2D eigenvalue weighted by molar-refractivity contribution is 7.15. The van der Waals surface area contributed by atoms with Crippen LogP contribution in [0, 0.1) is 6.92 Å². The molecule has 0 saturated carbocycles. The Labute approximate surface area is 179 Å². The maximum absolute atomic E-state index is 6.48. The lowest BCUT2D eigenvalue weighted by Gasteiger charge is -2.33. The number of hydrogen-bond donors (Lipinski definition) is 0. The summed E-state index contributed by atoms with van der Waals surface area (Å²) >= 11 is 8.17. The van der Waals surface area contributed by atoms with Gasteiger partial charge in [0.2, 0.25) is 0 Å². The van der Waals surface area contributed by atoms with Gasteiger partial charge in [-0.3, -0.25) is 9.30 Å². The van der Waals surface area contributed by atoms with Gasteiger partial charge in [0.05, 0.1) is 17.1 Å². The van der Waals surface area contributed by atoms with Gasteiger partial charge in [0.25, 0.3) is 0 Å². The van der Waals surface area contributed by atoms with E-state index in [2.05, 4.69) is 32.8 Å². The molecule has 0 amide bonds. The number of aromatic nitrogens is 4. The Morgan fingerprint density at radius 3 is 3.03 bits per heavy atom. The van der Waals surface area contributed by atoms with Crippen LogP contribution in [0.1, 0.15) is 35.8 Å². The van der Waals surface area contributed by atoms with E-state index in [0.29, 0.717) is 5.92 Å². The number of hydrogen-bond acceptors (Lipinski definition) is 5. The molecule has 1 atom stereocenters. The summed E-state index contributed by atoms with van der Waals surface area (Å²) in [5, 5.41) is 2.84. The van der Waals surface area contributed by atoms with Crippen LogP contribution in [-0.2, 0) is 6.54 Å². The van der Waals surface area contributed by atoms with E-state index in [0.717, 1.165) is 65.0 Å². The van der Waals surface area contributed by atoms with Gasteiger partial charge in [-0.25, -0.2) is 15.0 Å². The zero-order chi connectivity index (χ0) is 19.8. The van der Waals surface area contributed by atoms with E-state index in [1.165, 1.54) is 5.69 Å². The largest absolute Gasteiger partial charge is 0.297 e. The fourth-order valence-corrected chi connectivity index (χ4v) is 5.33. The predicted molar refractivity (Wildman–Crippen MR) is 118 cm³/mol. The highest BCUT2D eigenvalue weighted by Crippen LogP contribution is 2.36. The molecule has 3 aromatic heterocycles. The zero-order valence-electron chi connectivity index (χ0n) is 16.3. The smallest absolute Gasteiger partial charge is 0.194 e. The Kier molecular flexibility index (Phi) is 5.08. The third-order valence-corrected chi connectivity index (χ3v) is 6.82. The van der Waals surface area contributed by atoms with E-state index in [4.69, 9.17) is 21.6 Å². The van der Waals surface area contributed by atoms with Crippen LogP contribution in [0.3, 0.4) is 0 Å². The minimum absolute atomic E-state index is 0.365. The van der Waals surface area contributed by atoms with Crippen LogP contribution in [0.15, 0.2) is 48.4 Å². The quantitative estimate of drug-likeness (QED) is 0.453. The first kappa shape index (κ1) is 18.7. The van der Waals surface area contributed by atoms with Gasteiger partial charge in [-0.15, -0.1) is 11.3 Å². The van der Waals surface area contributed by atoms with E-state index in [1.807, 2.05) is 30.5 Å². The van der Waals surface area contributed by atoms with Gasteiger partial charge >= 0.3 is 0 Å². The van der Waals surface area contributed by atoms with Crippen LogP contribution in [0.2, 0.25) is 5.02 Å². The third kappa shape index (κ3) is 3.56. The molecule has 0 bridgehead atoms. The van der Waals surface area contributed by atoms with Gasteiger partial charge in [-0.2, -0.15) is 0 Å². The maximum atomic E-state index is 6.48. The van der Waals surface area contributed by atoms with Crippen molar-refractivity contribution in [2.45, 2.75) is 32.2 Å². The molecule has 4 heterocycles. The van der Waals surface area contributed by atoms with Crippen molar-refractivity contribution in [3.63, 3.8) is 0 Å². The summed E-state index contributed by atoms with van der Waals surface area (Å²) in [5.41, 5.74) is 5.57. The number of benzene rings is 1. The number of thiazole rings is 1. The van der Waals surface area contributed by atoms with Crippen molar-refractivity contribution < 1.29 is 0 Å². The first-order valence-corrected chi connectivity index (χ1v) is 11.1. The van der Waals surface area contributed by atoms with Gasteiger partial charge in [0.1, 0.15) is 6.33 Å². The molecule has 1 aliphatic rings. The van der Waals surface area contributed by atoms with Crippen LogP contribution < -0.4 is 0 Å². The summed E-state index contributed by atoms with van der Waals surface area (Å²) < 4.78 is 2.23. The molecule has 5 nitrogen and oxygen atoms in total. The van der Waals surface area contributed by atoms with Crippen molar-refractivity contribution in [3.05, 3.63) is 70.5 Å². The topological polar surface area (TPSA) is 46.3 Å². The Bertz CT molecular complexity index is 1150. The lowest BCUT2D eigenvalue weighted by Crippen LogP contribution is -2.35. The molecule has 1 fully saturated rings. The fraction of sp³-hybridized carbons (Fsp3) is 0.318.